The zero-order valence-corrected chi connectivity index (χ0v) is 10.6. The highest BCUT2D eigenvalue weighted by Crippen LogP contribution is 2.24. The van der Waals surface area contributed by atoms with E-state index in [1.165, 1.54) is 6.42 Å². The van der Waals surface area contributed by atoms with Crippen LogP contribution in [0.3, 0.4) is 0 Å². The van der Waals surface area contributed by atoms with Crippen LogP contribution in [0.2, 0.25) is 0 Å². The molecule has 0 heterocycles. The largest absolute Gasteiger partial charge is 0.236 e. The molecule has 1 saturated carbocycles. The predicted octanol–water partition coefficient (Wildman–Crippen LogP) is 2.70. The Labute approximate surface area is 98.4 Å². The number of hydrogen-bond acceptors (Lipinski definition) is 2. The summed E-state index contributed by atoms with van der Waals surface area (Å²) in [5, 5.41) is 0. The van der Waals surface area contributed by atoms with Gasteiger partial charge in [-0.25, -0.2) is 13.1 Å². The van der Waals surface area contributed by atoms with Crippen molar-refractivity contribution in [1.29, 1.82) is 0 Å². The molecule has 16 heavy (non-hydrogen) atoms. The molecule has 0 aliphatic heterocycles. The molecule has 0 bridgehead atoms. The van der Waals surface area contributed by atoms with Crippen LogP contribution >= 0.6 is 0 Å². The first-order valence-electron chi connectivity index (χ1n) is 6.40. The van der Waals surface area contributed by atoms with Crippen LogP contribution in [0.25, 0.3) is 0 Å². The standard InChI is InChI=1S/C12H21NO2S/c14-16(15,12-9-5-2-6-10-12)13-11-7-3-1-4-8-11/h9,11,13H,1-8,10H2. The average molecular weight is 243 g/mol. The first-order valence-corrected chi connectivity index (χ1v) is 7.88. The molecule has 0 radical (unpaired) electrons. The van der Waals surface area contributed by atoms with Gasteiger partial charge in [-0.2, -0.15) is 0 Å². The van der Waals surface area contributed by atoms with Gasteiger partial charge in [-0.15, -0.1) is 0 Å². The Morgan fingerprint density at radius 2 is 1.81 bits per heavy atom. The monoisotopic (exact) mass is 243 g/mol. The molecule has 92 valence electrons. The fourth-order valence-corrected chi connectivity index (χ4v) is 4.14. The molecule has 4 heteroatoms. The number of hydrogen-bond donors (Lipinski definition) is 1. The minimum absolute atomic E-state index is 0.182. The van der Waals surface area contributed by atoms with Crippen LogP contribution in [-0.2, 0) is 10.0 Å². The van der Waals surface area contributed by atoms with E-state index in [9.17, 15) is 8.42 Å². The zero-order chi connectivity index (χ0) is 11.4. The maximum absolute atomic E-state index is 12.1. The number of sulfonamides is 1. The SMILES string of the molecule is O=S(=O)(NC1CCCCC1)C1=CCCCC1. The van der Waals surface area contributed by atoms with Crippen molar-refractivity contribution in [2.75, 3.05) is 0 Å². The van der Waals surface area contributed by atoms with Gasteiger partial charge >= 0.3 is 0 Å². The van der Waals surface area contributed by atoms with Gasteiger partial charge in [-0.05, 0) is 38.5 Å². The Bertz CT molecular complexity index is 353. The van der Waals surface area contributed by atoms with E-state index < -0.39 is 10.0 Å². The second-order valence-electron chi connectivity index (χ2n) is 4.87. The lowest BCUT2D eigenvalue weighted by atomic mass is 9.96. The van der Waals surface area contributed by atoms with Gasteiger partial charge in [0.1, 0.15) is 0 Å². The molecule has 0 aromatic carbocycles. The van der Waals surface area contributed by atoms with Crippen LogP contribution < -0.4 is 4.72 Å². The van der Waals surface area contributed by atoms with E-state index >= 15 is 0 Å². The zero-order valence-electron chi connectivity index (χ0n) is 9.74. The predicted molar refractivity (Wildman–Crippen MR) is 65.5 cm³/mol. The number of nitrogens with one attached hydrogen (secondary N) is 1. The Balaban J connectivity index is 1.98. The summed E-state index contributed by atoms with van der Waals surface area (Å²) in [6.45, 7) is 0. The molecule has 0 saturated heterocycles. The third-order valence-electron chi connectivity index (χ3n) is 3.52. The fourth-order valence-electron chi connectivity index (χ4n) is 2.57. The van der Waals surface area contributed by atoms with E-state index in [0.29, 0.717) is 4.91 Å². The highest BCUT2D eigenvalue weighted by Gasteiger charge is 2.24. The fraction of sp³-hybridized carbons (Fsp3) is 0.833. The molecular weight excluding hydrogens is 222 g/mol. The van der Waals surface area contributed by atoms with Crippen molar-refractivity contribution in [3.8, 4) is 0 Å². The maximum atomic E-state index is 12.1. The summed E-state index contributed by atoms with van der Waals surface area (Å²) in [6.07, 6.45) is 11.3. The number of allylic oxidation sites excluding steroid dienone is 2. The Kier molecular flexibility index (Phi) is 4.03. The van der Waals surface area contributed by atoms with Crippen molar-refractivity contribution in [2.24, 2.45) is 0 Å². The average Bonchev–Trinajstić information content (AvgIpc) is 2.31. The topological polar surface area (TPSA) is 46.2 Å². The molecule has 0 amide bonds. The molecule has 0 aromatic heterocycles. The van der Waals surface area contributed by atoms with Crippen LogP contribution in [-0.4, -0.2) is 14.5 Å². The Morgan fingerprint density at radius 3 is 2.44 bits per heavy atom. The van der Waals surface area contributed by atoms with E-state index in [2.05, 4.69) is 4.72 Å². The number of rotatable bonds is 3. The van der Waals surface area contributed by atoms with E-state index in [1.807, 2.05) is 6.08 Å². The Hall–Kier alpha value is -0.350. The van der Waals surface area contributed by atoms with Gasteiger partial charge in [0.25, 0.3) is 0 Å². The van der Waals surface area contributed by atoms with Gasteiger partial charge in [0, 0.05) is 6.04 Å². The summed E-state index contributed by atoms with van der Waals surface area (Å²) in [5.74, 6) is 0. The van der Waals surface area contributed by atoms with Gasteiger partial charge in [0.2, 0.25) is 10.0 Å². The second kappa shape index (κ2) is 5.32. The summed E-state index contributed by atoms with van der Waals surface area (Å²) in [6, 6.07) is 0.182. The summed E-state index contributed by atoms with van der Waals surface area (Å²) >= 11 is 0. The lowest BCUT2D eigenvalue weighted by Gasteiger charge is -2.24. The van der Waals surface area contributed by atoms with E-state index in [4.69, 9.17) is 0 Å². The maximum Gasteiger partial charge on any atom is 0.236 e. The van der Waals surface area contributed by atoms with Gasteiger partial charge in [-0.1, -0.05) is 25.3 Å². The van der Waals surface area contributed by atoms with Crippen LogP contribution in [0.15, 0.2) is 11.0 Å². The van der Waals surface area contributed by atoms with Crippen LogP contribution in [0.4, 0.5) is 0 Å². The van der Waals surface area contributed by atoms with Crippen LogP contribution in [0.1, 0.15) is 57.8 Å². The third-order valence-corrected chi connectivity index (χ3v) is 5.23. The summed E-state index contributed by atoms with van der Waals surface area (Å²) in [7, 11) is -3.17. The molecule has 0 aromatic rings. The molecule has 0 atom stereocenters. The molecule has 2 aliphatic rings. The highest BCUT2D eigenvalue weighted by atomic mass is 32.2. The van der Waals surface area contributed by atoms with E-state index in [-0.39, 0.29) is 6.04 Å². The van der Waals surface area contributed by atoms with Crippen molar-refractivity contribution in [3.05, 3.63) is 11.0 Å². The molecule has 0 unspecified atom stereocenters. The van der Waals surface area contributed by atoms with Gasteiger partial charge in [-0.3, -0.25) is 0 Å². The second-order valence-corrected chi connectivity index (χ2v) is 6.64. The minimum atomic E-state index is -3.17. The van der Waals surface area contributed by atoms with Crippen molar-refractivity contribution < 1.29 is 8.42 Å². The van der Waals surface area contributed by atoms with Crippen molar-refractivity contribution >= 4 is 10.0 Å². The minimum Gasteiger partial charge on any atom is -0.208 e. The molecule has 2 rings (SSSR count). The van der Waals surface area contributed by atoms with Gasteiger partial charge in [0.05, 0.1) is 4.91 Å². The third kappa shape index (κ3) is 3.08. The van der Waals surface area contributed by atoms with Gasteiger partial charge < -0.3 is 0 Å². The first kappa shape index (κ1) is 12.1. The molecule has 3 nitrogen and oxygen atoms in total. The van der Waals surface area contributed by atoms with Crippen molar-refractivity contribution in [3.63, 3.8) is 0 Å². The first-order chi connectivity index (χ1) is 7.68. The van der Waals surface area contributed by atoms with Crippen molar-refractivity contribution in [2.45, 2.75) is 63.8 Å². The highest BCUT2D eigenvalue weighted by molar-refractivity contribution is 7.93. The summed E-state index contributed by atoms with van der Waals surface area (Å²) in [4.78, 5) is 0.629. The van der Waals surface area contributed by atoms with Crippen molar-refractivity contribution in [1.82, 2.24) is 4.72 Å². The smallest absolute Gasteiger partial charge is 0.208 e. The molecular formula is C12H21NO2S. The Morgan fingerprint density at radius 1 is 1.06 bits per heavy atom. The summed E-state index contributed by atoms with van der Waals surface area (Å²) in [5.41, 5.74) is 0. The van der Waals surface area contributed by atoms with Crippen LogP contribution in [0, 0.1) is 0 Å². The molecule has 1 fully saturated rings. The normalized spacial score (nSPS) is 24.1. The molecule has 1 N–H and O–H groups in total. The van der Waals surface area contributed by atoms with E-state index in [0.717, 1.165) is 51.4 Å². The lowest BCUT2D eigenvalue weighted by Crippen LogP contribution is -2.37. The summed E-state index contributed by atoms with van der Waals surface area (Å²) < 4.78 is 27.0. The quantitative estimate of drug-likeness (QED) is 0.828. The van der Waals surface area contributed by atoms with Gasteiger partial charge in [0.15, 0.2) is 0 Å². The lowest BCUT2D eigenvalue weighted by molar-refractivity contribution is 0.412. The van der Waals surface area contributed by atoms with E-state index in [1.54, 1.807) is 0 Å². The molecule has 0 spiro atoms. The molecule has 2 aliphatic carbocycles. The van der Waals surface area contributed by atoms with Crippen LogP contribution in [0.5, 0.6) is 0 Å².